The van der Waals surface area contributed by atoms with Crippen LogP contribution in [0.4, 0.5) is 0 Å². The fourth-order valence-corrected chi connectivity index (χ4v) is 3.65. The first-order valence-corrected chi connectivity index (χ1v) is 8.10. The summed E-state index contributed by atoms with van der Waals surface area (Å²) in [5.74, 6) is 1.99. The van der Waals surface area contributed by atoms with Crippen LogP contribution >= 0.6 is 0 Å². The van der Waals surface area contributed by atoms with Crippen LogP contribution in [0, 0.1) is 0 Å². The van der Waals surface area contributed by atoms with Crippen LogP contribution in [0.1, 0.15) is 63.6 Å². The van der Waals surface area contributed by atoms with Crippen molar-refractivity contribution in [2.75, 3.05) is 6.54 Å². The molecule has 0 aromatic carbocycles. The van der Waals surface area contributed by atoms with Gasteiger partial charge in [-0.1, -0.05) is 6.42 Å². The summed E-state index contributed by atoms with van der Waals surface area (Å²) in [6.07, 6.45) is 7.07. The van der Waals surface area contributed by atoms with Crippen molar-refractivity contribution in [1.82, 2.24) is 19.7 Å². The highest BCUT2D eigenvalue weighted by Crippen LogP contribution is 2.24. The van der Waals surface area contributed by atoms with Crippen molar-refractivity contribution in [2.45, 2.75) is 77.0 Å². The lowest BCUT2D eigenvalue weighted by Gasteiger charge is -2.38. The van der Waals surface area contributed by atoms with E-state index in [1.165, 1.54) is 25.8 Å². The third kappa shape index (κ3) is 2.74. The van der Waals surface area contributed by atoms with E-state index in [2.05, 4.69) is 23.8 Å². The summed E-state index contributed by atoms with van der Waals surface area (Å²) < 4.78 is 2.03. The van der Waals surface area contributed by atoms with Gasteiger partial charge in [0.15, 0.2) is 5.82 Å². The Morgan fingerprint density at radius 2 is 2.05 bits per heavy atom. The predicted molar refractivity (Wildman–Crippen MR) is 79.4 cm³/mol. The lowest BCUT2D eigenvalue weighted by Crippen LogP contribution is -2.45. The van der Waals surface area contributed by atoms with Crippen LogP contribution < -0.4 is 5.73 Å². The summed E-state index contributed by atoms with van der Waals surface area (Å²) in [6, 6.07) is 1.29. The molecule has 0 aliphatic carbocycles. The molecular formula is C15H27N5. The molecule has 1 aromatic rings. The Kier molecular flexibility index (Phi) is 4.08. The molecule has 3 rings (SSSR count). The number of nitrogens with zero attached hydrogens (tertiary/aromatic N) is 4. The normalized spacial score (nSPS) is 27.8. The van der Waals surface area contributed by atoms with E-state index < -0.39 is 0 Å². The molecule has 0 amide bonds. The zero-order valence-corrected chi connectivity index (χ0v) is 12.8. The van der Waals surface area contributed by atoms with Crippen LogP contribution in [-0.2, 0) is 13.0 Å². The fraction of sp³-hybridized carbons (Fsp3) is 0.867. The number of aryl methyl sites for hydroxylation is 1. The Balaban J connectivity index is 1.73. The van der Waals surface area contributed by atoms with E-state index in [-0.39, 0.29) is 6.04 Å². The third-order valence-corrected chi connectivity index (χ3v) is 4.72. The molecule has 2 atom stereocenters. The van der Waals surface area contributed by atoms with E-state index >= 15 is 0 Å². The number of piperidine rings is 1. The van der Waals surface area contributed by atoms with Crippen molar-refractivity contribution in [3.8, 4) is 0 Å². The SMILES string of the molecule is CC(C)N1CCCCC1Cc1nc2n(n1)CCCC2N. The molecule has 1 aromatic heterocycles. The van der Waals surface area contributed by atoms with E-state index in [0.29, 0.717) is 12.1 Å². The minimum atomic E-state index is 0.0811. The maximum Gasteiger partial charge on any atom is 0.152 e. The van der Waals surface area contributed by atoms with Crippen molar-refractivity contribution in [3.05, 3.63) is 11.6 Å². The zero-order valence-electron chi connectivity index (χ0n) is 12.8. The molecule has 1 saturated heterocycles. The molecule has 20 heavy (non-hydrogen) atoms. The van der Waals surface area contributed by atoms with Gasteiger partial charge in [-0.05, 0) is 46.1 Å². The van der Waals surface area contributed by atoms with Gasteiger partial charge >= 0.3 is 0 Å². The summed E-state index contributed by atoms with van der Waals surface area (Å²) in [5.41, 5.74) is 6.13. The highest BCUT2D eigenvalue weighted by atomic mass is 15.4. The molecule has 0 radical (unpaired) electrons. The van der Waals surface area contributed by atoms with Crippen LogP contribution in [0.2, 0.25) is 0 Å². The largest absolute Gasteiger partial charge is 0.321 e. The highest BCUT2D eigenvalue weighted by molar-refractivity contribution is 5.03. The summed E-state index contributed by atoms with van der Waals surface area (Å²) >= 11 is 0. The molecule has 112 valence electrons. The van der Waals surface area contributed by atoms with Crippen molar-refractivity contribution >= 4 is 0 Å². The Hall–Kier alpha value is -0.940. The monoisotopic (exact) mass is 277 g/mol. The molecule has 3 heterocycles. The van der Waals surface area contributed by atoms with Crippen molar-refractivity contribution in [1.29, 1.82) is 0 Å². The lowest BCUT2D eigenvalue weighted by molar-refractivity contribution is 0.110. The average Bonchev–Trinajstić information content (AvgIpc) is 2.83. The summed E-state index contributed by atoms with van der Waals surface area (Å²) in [4.78, 5) is 7.33. The fourth-order valence-electron chi connectivity index (χ4n) is 3.65. The number of hydrogen-bond donors (Lipinski definition) is 1. The second-order valence-electron chi connectivity index (χ2n) is 6.54. The van der Waals surface area contributed by atoms with E-state index in [1.807, 2.05) is 4.68 Å². The standard InChI is InChI=1S/C15H27N5/c1-11(2)19-8-4-3-6-12(19)10-14-17-15-13(16)7-5-9-20(15)18-14/h11-13H,3-10,16H2,1-2H3. The van der Waals surface area contributed by atoms with Gasteiger partial charge in [-0.3, -0.25) is 4.90 Å². The summed E-state index contributed by atoms with van der Waals surface area (Å²) in [5, 5.41) is 4.69. The first kappa shape index (κ1) is 14.0. The van der Waals surface area contributed by atoms with Gasteiger partial charge in [0.2, 0.25) is 0 Å². The van der Waals surface area contributed by atoms with Gasteiger partial charge in [-0.25, -0.2) is 9.67 Å². The third-order valence-electron chi connectivity index (χ3n) is 4.72. The number of nitrogens with two attached hydrogens (primary N) is 1. The summed E-state index contributed by atoms with van der Waals surface area (Å²) in [7, 11) is 0. The molecule has 2 aliphatic rings. The van der Waals surface area contributed by atoms with E-state index in [9.17, 15) is 0 Å². The van der Waals surface area contributed by atoms with Gasteiger partial charge in [-0.15, -0.1) is 0 Å². The molecular weight excluding hydrogens is 250 g/mol. The Labute approximate surface area is 121 Å². The predicted octanol–water partition coefficient (Wildman–Crippen LogP) is 1.88. The van der Waals surface area contributed by atoms with Crippen molar-refractivity contribution in [2.24, 2.45) is 5.73 Å². The first-order chi connectivity index (χ1) is 9.65. The Morgan fingerprint density at radius 3 is 2.80 bits per heavy atom. The van der Waals surface area contributed by atoms with Gasteiger partial charge in [0.1, 0.15) is 5.82 Å². The molecule has 5 nitrogen and oxygen atoms in total. The van der Waals surface area contributed by atoms with Gasteiger partial charge in [0.25, 0.3) is 0 Å². The number of fused-ring (bicyclic) bond motifs is 1. The molecule has 2 aliphatic heterocycles. The van der Waals surface area contributed by atoms with Gasteiger partial charge < -0.3 is 5.73 Å². The van der Waals surface area contributed by atoms with Crippen LogP contribution in [0.3, 0.4) is 0 Å². The molecule has 0 spiro atoms. The maximum atomic E-state index is 6.13. The van der Waals surface area contributed by atoms with Crippen LogP contribution in [0.5, 0.6) is 0 Å². The summed E-state index contributed by atoms with van der Waals surface area (Å²) in [6.45, 7) is 6.78. The molecule has 2 N–H and O–H groups in total. The quantitative estimate of drug-likeness (QED) is 0.916. The van der Waals surface area contributed by atoms with E-state index in [4.69, 9.17) is 10.7 Å². The molecule has 0 saturated carbocycles. The number of aromatic nitrogens is 3. The topological polar surface area (TPSA) is 60.0 Å². The lowest BCUT2D eigenvalue weighted by atomic mass is 9.97. The minimum Gasteiger partial charge on any atom is -0.321 e. The van der Waals surface area contributed by atoms with Gasteiger partial charge in [0.05, 0.1) is 6.04 Å². The number of rotatable bonds is 3. The number of hydrogen-bond acceptors (Lipinski definition) is 4. The van der Waals surface area contributed by atoms with E-state index in [0.717, 1.165) is 37.5 Å². The van der Waals surface area contributed by atoms with Crippen LogP contribution in [0.25, 0.3) is 0 Å². The first-order valence-electron chi connectivity index (χ1n) is 8.10. The molecule has 2 unspecified atom stereocenters. The Bertz CT molecular complexity index is 453. The molecule has 0 bridgehead atoms. The van der Waals surface area contributed by atoms with Crippen LogP contribution in [-0.4, -0.2) is 38.3 Å². The molecule has 5 heteroatoms. The molecule has 1 fully saturated rings. The van der Waals surface area contributed by atoms with Gasteiger partial charge in [-0.2, -0.15) is 5.10 Å². The Morgan fingerprint density at radius 1 is 1.20 bits per heavy atom. The van der Waals surface area contributed by atoms with Crippen molar-refractivity contribution in [3.63, 3.8) is 0 Å². The zero-order chi connectivity index (χ0) is 14.1. The smallest absolute Gasteiger partial charge is 0.152 e. The van der Waals surface area contributed by atoms with Crippen LogP contribution in [0.15, 0.2) is 0 Å². The number of likely N-dealkylation sites (tertiary alicyclic amines) is 1. The van der Waals surface area contributed by atoms with Gasteiger partial charge in [0, 0.05) is 25.0 Å². The minimum absolute atomic E-state index is 0.0811. The van der Waals surface area contributed by atoms with E-state index in [1.54, 1.807) is 0 Å². The highest BCUT2D eigenvalue weighted by Gasteiger charge is 2.27. The second-order valence-corrected chi connectivity index (χ2v) is 6.54. The average molecular weight is 277 g/mol. The maximum absolute atomic E-state index is 6.13. The second kappa shape index (κ2) is 5.82. The van der Waals surface area contributed by atoms with Crippen molar-refractivity contribution < 1.29 is 0 Å².